The second-order valence-electron chi connectivity index (χ2n) is 4.94. The van der Waals surface area contributed by atoms with Crippen LogP contribution in [0.4, 0.5) is 4.79 Å². The normalized spacial score (nSPS) is 13.0. The van der Waals surface area contributed by atoms with E-state index in [1.807, 2.05) is 27.7 Å². The second-order valence-corrected chi connectivity index (χ2v) is 5.97. The maximum absolute atomic E-state index is 11.4. The third-order valence-corrected chi connectivity index (χ3v) is 2.96. The number of amides is 3. The summed E-state index contributed by atoms with van der Waals surface area (Å²) in [7, 11) is 0. The number of hydrogen-bond acceptors (Lipinski definition) is 4. The molecule has 0 saturated carbocycles. The molecule has 0 aliphatic rings. The third-order valence-electron chi connectivity index (χ3n) is 1.83. The molecule has 5 nitrogen and oxygen atoms in total. The molecule has 1 unspecified atom stereocenters. The molecular formula is C11H23N3O2S. The van der Waals surface area contributed by atoms with Gasteiger partial charge in [-0.1, -0.05) is 6.92 Å². The molecule has 1 atom stereocenters. The van der Waals surface area contributed by atoms with Gasteiger partial charge in [0.15, 0.2) is 0 Å². The zero-order valence-corrected chi connectivity index (χ0v) is 11.8. The summed E-state index contributed by atoms with van der Waals surface area (Å²) in [6, 6.07) is -0.348. The highest BCUT2D eigenvalue weighted by Gasteiger charge is 2.15. The first-order valence-electron chi connectivity index (χ1n) is 5.70. The zero-order chi connectivity index (χ0) is 13.5. The van der Waals surface area contributed by atoms with E-state index in [0.717, 1.165) is 12.2 Å². The molecule has 0 spiro atoms. The summed E-state index contributed by atoms with van der Waals surface area (Å²) in [5.41, 5.74) is 5.37. The van der Waals surface area contributed by atoms with Gasteiger partial charge in [0.05, 0.1) is 5.75 Å². The van der Waals surface area contributed by atoms with E-state index in [-0.39, 0.29) is 23.2 Å². The van der Waals surface area contributed by atoms with Gasteiger partial charge in [0, 0.05) is 17.3 Å². The largest absolute Gasteiger partial charge is 0.333 e. The van der Waals surface area contributed by atoms with E-state index in [4.69, 9.17) is 5.73 Å². The summed E-state index contributed by atoms with van der Waals surface area (Å²) in [6.45, 7) is 7.56. The molecular weight excluding hydrogens is 238 g/mol. The van der Waals surface area contributed by atoms with Gasteiger partial charge in [0.25, 0.3) is 0 Å². The average Bonchev–Trinajstić information content (AvgIpc) is 2.13. The van der Waals surface area contributed by atoms with Gasteiger partial charge >= 0.3 is 6.03 Å². The molecule has 0 aromatic heterocycles. The van der Waals surface area contributed by atoms with Gasteiger partial charge in [-0.3, -0.25) is 10.1 Å². The number of thioether (sulfide) groups is 1. The number of carbonyl (C=O) groups is 2. The van der Waals surface area contributed by atoms with Crippen molar-refractivity contribution in [2.24, 2.45) is 5.73 Å². The van der Waals surface area contributed by atoms with Crippen LogP contribution in [0.15, 0.2) is 0 Å². The van der Waals surface area contributed by atoms with E-state index in [2.05, 4.69) is 10.6 Å². The van der Waals surface area contributed by atoms with Crippen molar-refractivity contribution >= 4 is 23.7 Å². The summed E-state index contributed by atoms with van der Waals surface area (Å²) < 4.78 is 0. The molecule has 0 bridgehead atoms. The number of rotatable bonds is 5. The molecule has 0 aromatic rings. The monoisotopic (exact) mass is 261 g/mol. The van der Waals surface area contributed by atoms with Gasteiger partial charge < -0.3 is 11.1 Å². The Hall–Kier alpha value is -0.750. The molecule has 0 rings (SSSR count). The van der Waals surface area contributed by atoms with Crippen LogP contribution in [0.2, 0.25) is 0 Å². The molecule has 0 saturated heterocycles. The minimum absolute atomic E-state index is 0.108. The number of nitrogens with two attached hydrogens (primary N) is 1. The van der Waals surface area contributed by atoms with Gasteiger partial charge in [-0.15, -0.1) is 0 Å². The van der Waals surface area contributed by atoms with E-state index in [1.54, 1.807) is 0 Å². The van der Waals surface area contributed by atoms with Gasteiger partial charge in [-0.05, 0) is 27.2 Å². The minimum atomic E-state index is -0.456. The van der Waals surface area contributed by atoms with Crippen LogP contribution in [-0.2, 0) is 4.79 Å². The van der Waals surface area contributed by atoms with Crippen molar-refractivity contribution in [2.75, 3.05) is 11.5 Å². The Kier molecular flexibility index (Phi) is 7.22. The number of urea groups is 1. The van der Waals surface area contributed by atoms with Crippen molar-refractivity contribution in [3.05, 3.63) is 0 Å². The minimum Gasteiger partial charge on any atom is -0.333 e. The number of carbonyl (C=O) groups excluding carboxylic acids is 2. The molecule has 6 heteroatoms. The van der Waals surface area contributed by atoms with Crippen LogP contribution in [0.3, 0.4) is 0 Å². The van der Waals surface area contributed by atoms with Crippen molar-refractivity contribution in [1.29, 1.82) is 0 Å². The molecule has 100 valence electrons. The fraction of sp³-hybridized carbons (Fsp3) is 0.818. The third kappa shape index (κ3) is 10.1. The van der Waals surface area contributed by atoms with Gasteiger partial charge in [-0.2, -0.15) is 11.8 Å². The predicted octanol–water partition coefficient (Wildman–Crippen LogP) is 1.08. The van der Waals surface area contributed by atoms with Crippen LogP contribution >= 0.6 is 11.8 Å². The highest BCUT2D eigenvalue weighted by Crippen LogP contribution is 2.03. The average molecular weight is 261 g/mol. The van der Waals surface area contributed by atoms with Crippen LogP contribution < -0.4 is 16.4 Å². The maximum atomic E-state index is 11.4. The van der Waals surface area contributed by atoms with Crippen LogP contribution in [0.1, 0.15) is 34.1 Å². The van der Waals surface area contributed by atoms with Crippen molar-refractivity contribution in [2.45, 2.75) is 45.7 Å². The fourth-order valence-corrected chi connectivity index (χ4v) is 1.87. The standard InChI is InChI=1S/C11H23N3O2S/c1-5-8(12)6-17-7-9(15)13-10(16)14-11(2,3)4/h8H,5-7,12H2,1-4H3,(H2,13,14,15,16). The second kappa shape index (κ2) is 7.55. The van der Waals surface area contributed by atoms with Gasteiger partial charge in [0.2, 0.25) is 5.91 Å². The Balaban J connectivity index is 3.76. The van der Waals surface area contributed by atoms with E-state index in [0.29, 0.717) is 0 Å². The molecule has 17 heavy (non-hydrogen) atoms. The van der Waals surface area contributed by atoms with Gasteiger partial charge in [-0.25, -0.2) is 4.79 Å². The lowest BCUT2D eigenvalue weighted by Gasteiger charge is -2.20. The molecule has 0 aromatic carbocycles. The number of imide groups is 1. The quantitative estimate of drug-likeness (QED) is 0.691. The Morgan fingerprint density at radius 2 is 1.94 bits per heavy atom. The van der Waals surface area contributed by atoms with Crippen molar-refractivity contribution < 1.29 is 9.59 Å². The smallest absolute Gasteiger partial charge is 0.321 e. The Morgan fingerprint density at radius 3 is 2.41 bits per heavy atom. The first-order valence-corrected chi connectivity index (χ1v) is 6.85. The Morgan fingerprint density at radius 1 is 1.35 bits per heavy atom. The van der Waals surface area contributed by atoms with Gasteiger partial charge in [0.1, 0.15) is 0 Å². The first kappa shape index (κ1) is 16.2. The fourth-order valence-electron chi connectivity index (χ4n) is 0.955. The SMILES string of the molecule is CCC(N)CSCC(=O)NC(=O)NC(C)(C)C. The van der Waals surface area contributed by atoms with E-state index in [1.165, 1.54) is 11.8 Å². The first-order chi connectivity index (χ1) is 7.74. The lowest BCUT2D eigenvalue weighted by atomic mass is 10.1. The van der Waals surface area contributed by atoms with Crippen molar-refractivity contribution in [3.8, 4) is 0 Å². The highest BCUT2D eigenvalue weighted by molar-refractivity contribution is 8.00. The predicted molar refractivity (Wildman–Crippen MR) is 72.0 cm³/mol. The number of nitrogens with one attached hydrogen (secondary N) is 2. The molecule has 0 aliphatic heterocycles. The summed E-state index contributed by atoms with van der Waals surface area (Å²) in [6.07, 6.45) is 0.888. The topological polar surface area (TPSA) is 84.2 Å². The Labute approximate surface area is 107 Å². The summed E-state index contributed by atoms with van der Waals surface area (Å²) in [5.74, 6) is 0.691. The van der Waals surface area contributed by atoms with E-state index >= 15 is 0 Å². The van der Waals surface area contributed by atoms with Crippen LogP contribution in [0, 0.1) is 0 Å². The molecule has 0 radical (unpaired) electrons. The molecule has 0 fully saturated rings. The molecule has 0 heterocycles. The van der Waals surface area contributed by atoms with Crippen LogP contribution in [-0.4, -0.2) is 35.0 Å². The molecule has 3 amide bonds. The lowest BCUT2D eigenvalue weighted by Crippen LogP contribution is -2.48. The van der Waals surface area contributed by atoms with Crippen molar-refractivity contribution in [3.63, 3.8) is 0 Å². The van der Waals surface area contributed by atoms with E-state index in [9.17, 15) is 9.59 Å². The summed E-state index contributed by atoms with van der Waals surface area (Å²) in [5, 5.41) is 4.93. The van der Waals surface area contributed by atoms with Crippen LogP contribution in [0.25, 0.3) is 0 Å². The number of hydrogen-bond donors (Lipinski definition) is 3. The van der Waals surface area contributed by atoms with Crippen molar-refractivity contribution in [1.82, 2.24) is 10.6 Å². The maximum Gasteiger partial charge on any atom is 0.321 e. The highest BCUT2D eigenvalue weighted by atomic mass is 32.2. The lowest BCUT2D eigenvalue weighted by molar-refractivity contribution is -0.117. The molecule has 4 N–H and O–H groups in total. The van der Waals surface area contributed by atoms with E-state index < -0.39 is 6.03 Å². The zero-order valence-electron chi connectivity index (χ0n) is 11.0. The summed E-state index contributed by atoms with van der Waals surface area (Å²) in [4.78, 5) is 22.7. The summed E-state index contributed by atoms with van der Waals surface area (Å²) >= 11 is 1.44. The van der Waals surface area contributed by atoms with Crippen LogP contribution in [0.5, 0.6) is 0 Å². The molecule has 0 aliphatic carbocycles. The Bertz CT molecular complexity index is 264.